The SMILES string of the molecule is Cc1cccc(-c2ccc(CO)c(S(C)(=O)=O)c2)c1. The van der Waals surface area contributed by atoms with E-state index < -0.39 is 9.84 Å². The molecule has 0 saturated carbocycles. The summed E-state index contributed by atoms with van der Waals surface area (Å²) < 4.78 is 23.5. The molecule has 1 N–H and O–H groups in total. The van der Waals surface area contributed by atoms with Crippen LogP contribution in [-0.2, 0) is 16.4 Å². The third-order valence-corrected chi connectivity index (χ3v) is 4.17. The van der Waals surface area contributed by atoms with Gasteiger partial charge in [0.25, 0.3) is 0 Å². The van der Waals surface area contributed by atoms with E-state index in [-0.39, 0.29) is 11.5 Å². The van der Waals surface area contributed by atoms with E-state index in [4.69, 9.17) is 0 Å². The highest BCUT2D eigenvalue weighted by atomic mass is 32.2. The number of sulfone groups is 1. The lowest BCUT2D eigenvalue weighted by molar-refractivity contribution is 0.278. The van der Waals surface area contributed by atoms with Crippen LogP contribution in [0, 0.1) is 6.92 Å². The van der Waals surface area contributed by atoms with Gasteiger partial charge in [0, 0.05) is 6.26 Å². The maximum absolute atomic E-state index is 11.8. The predicted molar refractivity (Wildman–Crippen MR) is 75.6 cm³/mol. The fourth-order valence-electron chi connectivity index (χ4n) is 2.03. The van der Waals surface area contributed by atoms with Crippen LogP contribution in [0.1, 0.15) is 11.1 Å². The Bertz CT molecular complexity index is 703. The highest BCUT2D eigenvalue weighted by molar-refractivity contribution is 7.90. The van der Waals surface area contributed by atoms with E-state index in [0.29, 0.717) is 5.56 Å². The molecule has 0 heterocycles. The molecule has 0 fully saturated rings. The molecule has 0 saturated heterocycles. The minimum absolute atomic E-state index is 0.189. The van der Waals surface area contributed by atoms with E-state index in [0.717, 1.165) is 22.9 Å². The van der Waals surface area contributed by atoms with Gasteiger partial charge < -0.3 is 5.11 Å². The Morgan fingerprint density at radius 2 is 1.74 bits per heavy atom. The lowest BCUT2D eigenvalue weighted by atomic mass is 10.0. The lowest BCUT2D eigenvalue weighted by Crippen LogP contribution is -2.03. The Morgan fingerprint density at radius 1 is 1.05 bits per heavy atom. The predicted octanol–water partition coefficient (Wildman–Crippen LogP) is 2.56. The number of benzene rings is 2. The molecule has 0 radical (unpaired) electrons. The molecule has 0 aliphatic heterocycles. The fourth-order valence-corrected chi connectivity index (χ4v) is 2.98. The molecule has 3 nitrogen and oxygen atoms in total. The van der Waals surface area contributed by atoms with Crippen molar-refractivity contribution in [1.29, 1.82) is 0 Å². The molecule has 100 valence electrons. The Balaban J connectivity index is 2.62. The largest absolute Gasteiger partial charge is 0.392 e. The lowest BCUT2D eigenvalue weighted by Gasteiger charge is -2.09. The van der Waals surface area contributed by atoms with Crippen LogP contribution in [0.5, 0.6) is 0 Å². The van der Waals surface area contributed by atoms with Crippen LogP contribution in [0.2, 0.25) is 0 Å². The van der Waals surface area contributed by atoms with Crippen LogP contribution in [-0.4, -0.2) is 19.8 Å². The highest BCUT2D eigenvalue weighted by Gasteiger charge is 2.14. The number of rotatable bonds is 3. The number of aryl methyl sites for hydroxylation is 1. The quantitative estimate of drug-likeness (QED) is 0.937. The maximum atomic E-state index is 11.8. The van der Waals surface area contributed by atoms with E-state index in [1.165, 1.54) is 0 Å². The zero-order chi connectivity index (χ0) is 14.0. The third-order valence-electron chi connectivity index (χ3n) is 2.99. The molecule has 0 amide bonds. The summed E-state index contributed by atoms with van der Waals surface area (Å²) in [4.78, 5) is 0.189. The fraction of sp³-hybridized carbons (Fsp3) is 0.200. The third kappa shape index (κ3) is 3.03. The van der Waals surface area contributed by atoms with E-state index in [2.05, 4.69) is 0 Å². The van der Waals surface area contributed by atoms with E-state index in [9.17, 15) is 13.5 Å². The molecule has 2 aromatic rings. The number of aliphatic hydroxyl groups excluding tert-OH is 1. The molecule has 2 aromatic carbocycles. The van der Waals surface area contributed by atoms with Crippen LogP contribution in [0.15, 0.2) is 47.4 Å². The van der Waals surface area contributed by atoms with Crippen LogP contribution < -0.4 is 0 Å². The monoisotopic (exact) mass is 276 g/mol. The normalized spacial score (nSPS) is 11.5. The number of hydrogen-bond acceptors (Lipinski definition) is 3. The van der Waals surface area contributed by atoms with Crippen LogP contribution in [0.25, 0.3) is 11.1 Å². The van der Waals surface area contributed by atoms with Crippen molar-refractivity contribution >= 4 is 9.84 Å². The zero-order valence-electron chi connectivity index (χ0n) is 10.9. The van der Waals surface area contributed by atoms with E-state index in [1.807, 2.05) is 37.3 Å². The molecule has 2 rings (SSSR count). The zero-order valence-corrected chi connectivity index (χ0v) is 11.7. The molecular weight excluding hydrogens is 260 g/mol. The average Bonchev–Trinajstić information content (AvgIpc) is 2.37. The van der Waals surface area contributed by atoms with Crippen LogP contribution >= 0.6 is 0 Å². The molecule has 0 aliphatic carbocycles. The van der Waals surface area contributed by atoms with Gasteiger partial charge in [0.05, 0.1) is 11.5 Å². The summed E-state index contributed by atoms with van der Waals surface area (Å²) in [5, 5.41) is 9.22. The summed E-state index contributed by atoms with van der Waals surface area (Å²) in [5.41, 5.74) is 3.35. The maximum Gasteiger partial charge on any atom is 0.175 e. The first-order valence-corrected chi connectivity index (χ1v) is 7.82. The van der Waals surface area contributed by atoms with Gasteiger partial charge >= 0.3 is 0 Å². The molecule has 0 aliphatic rings. The summed E-state index contributed by atoms with van der Waals surface area (Å²) in [7, 11) is -3.35. The Morgan fingerprint density at radius 3 is 2.32 bits per heavy atom. The number of aliphatic hydroxyl groups is 1. The van der Waals surface area contributed by atoms with Crippen LogP contribution in [0.3, 0.4) is 0 Å². The molecule has 0 unspecified atom stereocenters. The van der Waals surface area contributed by atoms with Crippen molar-refractivity contribution in [3.05, 3.63) is 53.6 Å². The van der Waals surface area contributed by atoms with E-state index in [1.54, 1.807) is 12.1 Å². The van der Waals surface area contributed by atoms with Gasteiger partial charge in [-0.15, -0.1) is 0 Å². The first-order chi connectivity index (χ1) is 8.91. The van der Waals surface area contributed by atoms with Crippen molar-refractivity contribution in [3.8, 4) is 11.1 Å². The molecular formula is C15H16O3S. The van der Waals surface area contributed by atoms with Crippen molar-refractivity contribution in [2.75, 3.05) is 6.26 Å². The highest BCUT2D eigenvalue weighted by Crippen LogP contribution is 2.26. The average molecular weight is 276 g/mol. The first kappa shape index (κ1) is 13.8. The summed E-state index contributed by atoms with van der Waals surface area (Å²) in [6, 6.07) is 13.0. The van der Waals surface area contributed by atoms with E-state index >= 15 is 0 Å². The van der Waals surface area contributed by atoms with Crippen molar-refractivity contribution < 1.29 is 13.5 Å². The number of hydrogen-bond donors (Lipinski definition) is 1. The Labute approximate surface area is 113 Å². The molecule has 0 atom stereocenters. The second-order valence-electron chi connectivity index (χ2n) is 4.62. The molecule has 0 spiro atoms. The van der Waals surface area contributed by atoms with Gasteiger partial charge in [0.1, 0.15) is 0 Å². The first-order valence-electron chi connectivity index (χ1n) is 5.92. The van der Waals surface area contributed by atoms with Crippen molar-refractivity contribution in [2.24, 2.45) is 0 Å². The smallest absolute Gasteiger partial charge is 0.175 e. The molecule has 0 aromatic heterocycles. The Kier molecular flexibility index (Phi) is 3.73. The molecule has 4 heteroatoms. The Hall–Kier alpha value is -1.65. The minimum Gasteiger partial charge on any atom is -0.392 e. The summed E-state index contributed by atoms with van der Waals surface area (Å²) in [6.07, 6.45) is 1.15. The van der Waals surface area contributed by atoms with Gasteiger partial charge in [0.15, 0.2) is 9.84 Å². The summed E-state index contributed by atoms with van der Waals surface area (Å²) in [6.45, 7) is 1.71. The summed E-state index contributed by atoms with van der Waals surface area (Å²) >= 11 is 0. The van der Waals surface area contributed by atoms with Gasteiger partial charge in [-0.2, -0.15) is 0 Å². The second-order valence-corrected chi connectivity index (χ2v) is 6.61. The minimum atomic E-state index is -3.35. The van der Waals surface area contributed by atoms with Gasteiger partial charge in [0.2, 0.25) is 0 Å². The van der Waals surface area contributed by atoms with Gasteiger partial charge in [-0.25, -0.2) is 8.42 Å². The topological polar surface area (TPSA) is 54.4 Å². The van der Waals surface area contributed by atoms with Crippen LogP contribution in [0.4, 0.5) is 0 Å². The van der Waals surface area contributed by atoms with Crippen molar-refractivity contribution in [2.45, 2.75) is 18.4 Å². The van der Waals surface area contributed by atoms with Gasteiger partial charge in [-0.05, 0) is 29.7 Å². The second kappa shape index (κ2) is 5.15. The summed E-state index contributed by atoms with van der Waals surface area (Å²) in [5.74, 6) is 0. The van der Waals surface area contributed by atoms with Crippen molar-refractivity contribution in [1.82, 2.24) is 0 Å². The van der Waals surface area contributed by atoms with Gasteiger partial charge in [-0.3, -0.25) is 0 Å². The van der Waals surface area contributed by atoms with Crippen molar-refractivity contribution in [3.63, 3.8) is 0 Å². The van der Waals surface area contributed by atoms with Gasteiger partial charge in [-0.1, -0.05) is 42.0 Å². The molecule has 19 heavy (non-hydrogen) atoms. The standard InChI is InChI=1S/C15H16O3S/c1-11-4-3-5-12(8-11)13-6-7-14(10-16)15(9-13)19(2,17)18/h3-9,16H,10H2,1-2H3. The molecule has 0 bridgehead atoms.